The van der Waals surface area contributed by atoms with E-state index in [1.807, 2.05) is 12.1 Å². The predicted octanol–water partition coefficient (Wildman–Crippen LogP) is 3.35. The van der Waals surface area contributed by atoms with Crippen LogP contribution in [0.1, 0.15) is 38.7 Å². The van der Waals surface area contributed by atoms with Crippen molar-refractivity contribution in [2.45, 2.75) is 45.6 Å². The lowest BCUT2D eigenvalue weighted by atomic mass is 9.91. The Hall–Kier alpha value is -1.02. The van der Waals surface area contributed by atoms with E-state index in [1.165, 1.54) is 24.8 Å². The van der Waals surface area contributed by atoms with Gasteiger partial charge in [-0.25, -0.2) is 0 Å². The van der Waals surface area contributed by atoms with Gasteiger partial charge in [-0.1, -0.05) is 32.4 Å². The third-order valence-electron chi connectivity index (χ3n) is 4.14. The Morgan fingerprint density at radius 1 is 1.39 bits per heavy atom. The van der Waals surface area contributed by atoms with Gasteiger partial charge in [-0.05, 0) is 55.3 Å². The minimum absolute atomic E-state index is 0.377. The Morgan fingerprint density at radius 3 is 2.83 bits per heavy atom. The lowest BCUT2D eigenvalue weighted by Crippen LogP contribution is -2.37. The van der Waals surface area contributed by atoms with Crippen LogP contribution in [0.2, 0.25) is 0 Å². The number of nitrogens with one attached hydrogen (secondary N) is 1. The highest BCUT2D eigenvalue weighted by Crippen LogP contribution is 2.33. The molecular formula is C16H25NO. The van der Waals surface area contributed by atoms with E-state index in [9.17, 15) is 5.11 Å². The summed E-state index contributed by atoms with van der Waals surface area (Å²) in [6, 6.07) is 8.24. The number of aromatic hydroxyl groups is 1. The summed E-state index contributed by atoms with van der Waals surface area (Å²) >= 11 is 0. The Bertz CT molecular complexity index is 377. The molecule has 1 aliphatic rings. The average molecular weight is 247 g/mol. The largest absolute Gasteiger partial charge is 0.508 e. The van der Waals surface area contributed by atoms with Crippen LogP contribution in [0.4, 0.5) is 0 Å². The van der Waals surface area contributed by atoms with Gasteiger partial charge >= 0.3 is 0 Å². The van der Waals surface area contributed by atoms with Gasteiger partial charge in [-0.15, -0.1) is 0 Å². The lowest BCUT2D eigenvalue weighted by Gasteiger charge is -2.24. The molecule has 1 aliphatic carbocycles. The fourth-order valence-corrected chi connectivity index (χ4v) is 3.22. The molecule has 0 aromatic heterocycles. The molecule has 2 rings (SSSR count). The highest BCUT2D eigenvalue weighted by atomic mass is 16.3. The molecule has 0 spiro atoms. The van der Waals surface area contributed by atoms with Crippen molar-refractivity contribution in [3.05, 3.63) is 29.8 Å². The van der Waals surface area contributed by atoms with Crippen LogP contribution in [-0.2, 0) is 6.42 Å². The van der Waals surface area contributed by atoms with Gasteiger partial charge in [0.15, 0.2) is 0 Å². The summed E-state index contributed by atoms with van der Waals surface area (Å²) in [5.41, 5.74) is 1.24. The first-order valence-corrected chi connectivity index (χ1v) is 7.20. The normalized spacial score (nSPS) is 25.2. The van der Waals surface area contributed by atoms with Gasteiger partial charge in [0.2, 0.25) is 0 Å². The molecule has 0 saturated heterocycles. The van der Waals surface area contributed by atoms with Crippen molar-refractivity contribution in [2.24, 2.45) is 11.8 Å². The highest BCUT2D eigenvalue weighted by molar-refractivity contribution is 5.27. The number of rotatable bonds is 5. The second-order valence-corrected chi connectivity index (χ2v) is 5.72. The van der Waals surface area contributed by atoms with Crippen molar-refractivity contribution in [2.75, 3.05) is 6.54 Å². The fraction of sp³-hybridized carbons (Fsp3) is 0.625. The van der Waals surface area contributed by atoms with E-state index >= 15 is 0 Å². The summed E-state index contributed by atoms with van der Waals surface area (Å²) in [6.45, 7) is 5.56. The van der Waals surface area contributed by atoms with Crippen LogP contribution in [0.15, 0.2) is 24.3 Å². The molecule has 0 bridgehead atoms. The van der Waals surface area contributed by atoms with E-state index in [4.69, 9.17) is 0 Å². The van der Waals surface area contributed by atoms with Gasteiger partial charge < -0.3 is 10.4 Å². The summed E-state index contributed by atoms with van der Waals surface area (Å²) in [5, 5.41) is 13.2. The second kappa shape index (κ2) is 6.24. The quantitative estimate of drug-likeness (QED) is 0.836. The SMILES string of the molecule is CCNC(Cc1cccc(O)c1)C1CCC(C)C1. The number of hydrogen-bond acceptors (Lipinski definition) is 2. The molecule has 0 radical (unpaired) electrons. The van der Waals surface area contributed by atoms with Crippen LogP contribution in [0, 0.1) is 11.8 Å². The van der Waals surface area contributed by atoms with Crippen LogP contribution >= 0.6 is 0 Å². The first-order chi connectivity index (χ1) is 8.69. The first kappa shape index (κ1) is 13.4. The minimum Gasteiger partial charge on any atom is -0.508 e. The summed E-state index contributed by atoms with van der Waals surface area (Å²) in [6.07, 6.45) is 5.08. The van der Waals surface area contributed by atoms with Crippen molar-refractivity contribution >= 4 is 0 Å². The highest BCUT2D eigenvalue weighted by Gasteiger charge is 2.28. The zero-order valence-corrected chi connectivity index (χ0v) is 11.5. The molecule has 1 saturated carbocycles. The maximum atomic E-state index is 9.54. The molecule has 3 unspecified atom stereocenters. The van der Waals surface area contributed by atoms with E-state index in [1.54, 1.807) is 6.07 Å². The minimum atomic E-state index is 0.377. The molecule has 18 heavy (non-hydrogen) atoms. The summed E-state index contributed by atoms with van der Waals surface area (Å²) in [4.78, 5) is 0. The summed E-state index contributed by atoms with van der Waals surface area (Å²) < 4.78 is 0. The van der Waals surface area contributed by atoms with Crippen molar-refractivity contribution in [1.82, 2.24) is 5.32 Å². The Balaban J connectivity index is 2.01. The van der Waals surface area contributed by atoms with Crippen molar-refractivity contribution in [3.63, 3.8) is 0 Å². The Labute approximate surface area is 110 Å². The molecule has 1 fully saturated rings. The van der Waals surface area contributed by atoms with Crippen LogP contribution < -0.4 is 5.32 Å². The standard InChI is InChI=1S/C16H25NO/c1-3-17-16(14-8-7-12(2)9-14)11-13-5-4-6-15(18)10-13/h4-6,10,12,14,16-18H,3,7-9,11H2,1-2H3. The number of benzene rings is 1. The zero-order valence-electron chi connectivity index (χ0n) is 11.5. The molecular weight excluding hydrogens is 222 g/mol. The number of phenols is 1. The van der Waals surface area contributed by atoms with Crippen LogP contribution in [0.3, 0.4) is 0 Å². The average Bonchev–Trinajstić information content (AvgIpc) is 2.75. The molecule has 1 aromatic carbocycles. The van der Waals surface area contributed by atoms with Crippen molar-refractivity contribution < 1.29 is 5.11 Å². The molecule has 0 aliphatic heterocycles. The van der Waals surface area contributed by atoms with Gasteiger partial charge in [0.25, 0.3) is 0 Å². The van der Waals surface area contributed by atoms with Crippen LogP contribution in [-0.4, -0.2) is 17.7 Å². The molecule has 2 heteroatoms. The molecule has 2 N–H and O–H groups in total. The van der Waals surface area contributed by atoms with Gasteiger partial charge in [0.05, 0.1) is 0 Å². The number of hydrogen-bond donors (Lipinski definition) is 2. The fourth-order valence-electron chi connectivity index (χ4n) is 3.22. The van der Waals surface area contributed by atoms with Gasteiger partial charge in [0.1, 0.15) is 5.75 Å². The van der Waals surface area contributed by atoms with E-state index in [-0.39, 0.29) is 0 Å². The number of phenolic OH excluding ortho intramolecular Hbond substituents is 1. The molecule has 3 atom stereocenters. The third-order valence-corrected chi connectivity index (χ3v) is 4.14. The first-order valence-electron chi connectivity index (χ1n) is 7.20. The monoisotopic (exact) mass is 247 g/mol. The van der Waals surface area contributed by atoms with E-state index in [0.717, 1.165) is 24.8 Å². The molecule has 2 nitrogen and oxygen atoms in total. The maximum absolute atomic E-state index is 9.54. The van der Waals surface area contributed by atoms with Crippen LogP contribution in [0.5, 0.6) is 5.75 Å². The van der Waals surface area contributed by atoms with Crippen molar-refractivity contribution in [3.8, 4) is 5.75 Å². The maximum Gasteiger partial charge on any atom is 0.115 e. The lowest BCUT2D eigenvalue weighted by molar-refractivity contribution is 0.353. The van der Waals surface area contributed by atoms with Gasteiger partial charge in [0, 0.05) is 6.04 Å². The van der Waals surface area contributed by atoms with Gasteiger partial charge in [-0.2, -0.15) is 0 Å². The van der Waals surface area contributed by atoms with Crippen molar-refractivity contribution in [1.29, 1.82) is 0 Å². The van der Waals surface area contributed by atoms with Gasteiger partial charge in [-0.3, -0.25) is 0 Å². The topological polar surface area (TPSA) is 32.3 Å². The molecule has 0 amide bonds. The van der Waals surface area contributed by atoms with E-state index in [0.29, 0.717) is 11.8 Å². The second-order valence-electron chi connectivity index (χ2n) is 5.72. The Morgan fingerprint density at radius 2 is 2.22 bits per heavy atom. The Kier molecular flexibility index (Phi) is 4.65. The predicted molar refractivity (Wildman–Crippen MR) is 75.8 cm³/mol. The van der Waals surface area contributed by atoms with E-state index in [2.05, 4.69) is 25.2 Å². The number of likely N-dealkylation sites (N-methyl/N-ethyl adjacent to an activating group) is 1. The summed E-state index contributed by atoms with van der Waals surface area (Å²) in [7, 11) is 0. The van der Waals surface area contributed by atoms with Crippen LogP contribution in [0.25, 0.3) is 0 Å². The summed E-state index contributed by atoms with van der Waals surface area (Å²) in [5.74, 6) is 2.05. The van der Waals surface area contributed by atoms with E-state index < -0.39 is 0 Å². The molecule has 100 valence electrons. The molecule has 0 heterocycles. The smallest absolute Gasteiger partial charge is 0.115 e. The zero-order chi connectivity index (χ0) is 13.0. The third kappa shape index (κ3) is 3.49. The molecule has 1 aromatic rings.